The van der Waals surface area contributed by atoms with E-state index in [1.807, 2.05) is 0 Å². The summed E-state index contributed by atoms with van der Waals surface area (Å²) in [4.78, 5) is 10.8. The Kier molecular flexibility index (Phi) is 3.05. The van der Waals surface area contributed by atoms with Gasteiger partial charge in [0.25, 0.3) is 0 Å². The molecule has 0 aromatic heterocycles. The predicted molar refractivity (Wildman–Crippen MR) is 54.2 cm³/mol. The molecule has 0 radical (unpaired) electrons. The van der Waals surface area contributed by atoms with Crippen LogP contribution in [0.15, 0.2) is 12.1 Å². The fraction of sp³-hybridized carbons (Fsp3) is 0.364. The van der Waals surface area contributed by atoms with Gasteiger partial charge in [0.05, 0.1) is 6.61 Å². The smallest absolute Gasteiger partial charge is 0.217 e. The zero-order chi connectivity index (χ0) is 11.5. The van der Waals surface area contributed by atoms with E-state index in [0.29, 0.717) is 23.5 Å². The van der Waals surface area contributed by atoms with Crippen LogP contribution in [0.4, 0.5) is 4.39 Å². The van der Waals surface area contributed by atoms with Crippen LogP contribution in [0.5, 0.6) is 5.75 Å². The molecule has 1 amide bonds. The third-order valence-corrected chi connectivity index (χ3v) is 2.28. The molecule has 0 aliphatic carbocycles. The van der Waals surface area contributed by atoms with Gasteiger partial charge in [0.15, 0.2) is 6.79 Å². The SMILES string of the molecule is CC(=O)NCc1cc(F)cc2c1OCOC2. The number of ether oxygens (including phenoxy) is 2. The summed E-state index contributed by atoms with van der Waals surface area (Å²) >= 11 is 0. The number of benzene rings is 1. The summed E-state index contributed by atoms with van der Waals surface area (Å²) < 4.78 is 23.6. The quantitative estimate of drug-likeness (QED) is 0.826. The summed E-state index contributed by atoms with van der Waals surface area (Å²) in [6.45, 7) is 2.16. The van der Waals surface area contributed by atoms with E-state index in [1.165, 1.54) is 19.1 Å². The zero-order valence-corrected chi connectivity index (χ0v) is 8.88. The lowest BCUT2D eigenvalue weighted by Gasteiger charge is -2.20. The lowest BCUT2D eigenvalue weighted by atomic mass is 10.1. The van der Waals surface area contributed by atoms with Gasteiger partial charge in [0.2, 0.25) is 5.91 Å². The van der Waals surface area contributed by atoms with Crippen LogP contribution in [-0.2, 0) is 22.7 Å². The Morgan fingerprint density at radius 2 is 2.38 bits per heavy atom. The second-order valence-corrected chi connectivity index (χ2v) is 3.57. The first kappa shape index (κ1) is 10.9. The van der Waals surface area contributed by atoms with E-state index in [4.69, 9.17) is 9.47 Å². The average molecular weight is 225 g/mol. The van der Waals surface area contributed by atoms with E-state index in [-0.39, 0.29) is 25.1 Å². The Bertz CT molecular complexity index is 420. The van der Waals surface area contributed by atoms with E-state index >= 15 is 0 Å². The minimum Gasteiger partial charge on any atom is -0.467 e. The van der Waals surface area contributed by atoms with Crippen LogP contribution in [0.3, 0.4) is 0 Å². The van der Waals surface area contributed by atoms with Gasteiger partial charge in [-0.3, -0.25) is 4.79 Å². The van der Waals surface area contributed by atoms with Crippen molar-refractivity contribution >= 4 is 5.91 Å². The number of halogens is 1. The average Bonchev–Trinajstić information content (AvgIpc) is 2.25. The molecule has 1 aliphatic rings. The summed E-state index contributed by atoms with van der Waals surface area (Å²) in [5.41, 5.74) is 1.31. The molecule has 1 heterocycles. The van der Waals surface area contributed by atoms with Crippen molar-refractivity contribution < 1.29 is 18.7 Å². The van der Waals surface area contributed by atoms with Crippen LogP contribution in [0.2, 0.25) is 0 Å². The maximum absolute atomic E-state index is 13.3. The van der Waals surface area contributed by atoms with Crippen LogP contribution in [0.1, 0.15) is 18.1 Å². The number of carbonyl (C=O) groups is 1. The lowest BCUT2D eigenvalue weighted by molar-refractivity contribution is -0.119. The highest BCUT2D eigenvalue weighted by molar-refractivity contribution is 5.72. The maximum Gasteiger partial charge on any atom is 0.217 e. The second kappa shape index (κ2) is 4.49. The van der Waals surface area contributed by atoms with Crippen LogP contribution in [-0.4, -0.2) is 12.7 Å². The fourth-order valence-corrected chi connectivity index (χ4v) is 1.61. The summed E-state index contributed by atoms with van der Waals surface area (Å²) in [7, 11) is 0. The minimum absolute atomic E-state index is 0.158. The van der Waals surface area contributed by atoms with Crippen LogP contribution >= 0.6 is 0 Å². The molecule has 0 fully saturated rings. The number of fused-ring (bicyclic) bond motifs is 1. The largest absolute Gasteiger partial charge is 0.467 e. The van der Waals surface area contributed by atoms with Gasteiger partial charge in [-0.05, 0) is 12.1 Å². The molecule has 86 valence electrons. The minimum atomic E-state index is -0.354. The molecule has 2 rings (SSSR count). The number of amides is 1. The Morgan fingerprint density at radius 3 is 3.12 bits per heavy atom. The Morgan fingerprint density at radius 1 is 1.56 bits per heavy atom. The molecule has 0 unspecified atom stereocenters. The van der Waals surface area contributed by atoms with E-state index in [0.717, 1.165) is 0 Å². The number of rotatable bonds is 2. The van der Waals surface area contributed by atoms with Crippen molar-refractivity contribution in [2.24, 2.45) is 0 Å². The summed E-state index contributed by atoms with van der Waals surface area (Å²) in [6, 6.07) is 2.74. The van der Waals surface area contributed by atoms with E-state index in [9.17, 15) is 9.18 Å². The normalized spacial score (nSPS) is 13.9. The molecule has 0 atom stereocenters. The van der Waals surface area contributed by atoms with Crippen molar-refractivity contribution in [3.05, 3.63) is 29.1 Å². The third-order valence-electron chi connectivity index (χ3n) is 2.28. The molecule has 4 nitrogen and oxygen atoms in total. The highest BCUT2D eigenvalue weighted by Gasteiger charge is 2.16. The Labute approximate surface area is 92.4 Å². The number of hydrogen-bond donors (Lipinski definition) is 1. The highest BCUT2D eigenvalue weighted by atomic mass is 19.1. The molecular formula is C11H12FNO3. The first-order chi connectivity index (χ1) is 7.66. The van der Waals surface area contributed by atoms with Crippen molar-refractivity contribution in [1.82, 2.24) is 5.32 Å². The van der Waals surface area contributed by atoms with Gasteiger partial charge in [-0.2, -0.15) is 0 Å². The van der Waals surface area contributed by atoms with Crippen molar-refractivity contribution in [1.29, 1.82) is 0 Å². The topological polar surface area (TPSA) is 47.6 Å². The molecule has 1 aliphatic heterocycles. The maximum atomic E-state index is 13.3. The van der Waals surface area contributed by atoms with Crippen LogP contribution < -0.4 is 10.1 Å². The van der Waals surface area contributed by atoms with Crippen molar-refractivity contribution in [2.75, 3.05) is 6.79 Å². The second-order valence-electron chi connectivity index (χ2n) is 3.57. The van der Waals surface area contributed by atoms with E-state index in [1.54, 1.807) is 0 Å². The first-order valence-electron chi connectivity index (χ1n) is 4.93. The molecule has 1 aromatic rings. The summed E-state index contributed by atoms with van der Waals surface area (Å²) in [5.74, 6) is 0.0969. The number of hydrogen-bond acceptors (Lipinski definition) is 3. The van der Waals surface area contributed by atoms with Crippen molar-refractivity contribution in [3.63, 3.8) is 0 Å². The standard InChI is InChI=1S/C11H12FNO3/c1-7(14)13-4-8-2-10(12)3-9-5-15-6-16-11(8)9/h2-3H,4-6H2,1H3,(H,13,14). The molecule has 1 aromatic carbocycles. The molecule has 0 bridgehead atoms. The molecule has 0 spiro atoms. The number of carbonyl (C=O) groups excluding carboxylic acids is 1. The summed E-state index contributed by atoms with van der Waals surface area (Å²) in [6.07, 6.45) is 0. The molecule has 0 saturated carbocycles. The number of nitrogens with one attached hydrogen (secondary N) is 1. The summed E-state index contributed by atoms with van der Waals surface area (Å²) in [5, 5.41) is 2.61. The van der Waals surface area contributed by atoms with Gasteiger partial charge in [0, 0.05) is 24.6 Å². The van der Waals surface area contributed by atoms with Gasteiger partial charge in [-0.1, -0.05) is 0 Å². The van der Waals surface area contributed by atoms with Crippen molar-refractivity contribution in [3.8, 4) is 5.75 Å². The fourth-order valence-electron chi connectivity index (χ4n) is 1.61. The molecular weight excluding hydrogens is 213 g/mol. The molecule has 0 saturated heterocycles. The highest BCUT2D eigenvalue weighted by Crippen LogP contribution is 2.29. The molecule has 16 heavy (non-hydrogen) atoms. The predicted octanol–water partition coefficient (Wildman–Crippen LogP) is 1.33. The van der Waals surface area contributed by atoms with Crippen LogP contribution in [0, 0.1) is 5.82 Å². The Hall–Kier alpha value is -1.62. The third kappa shape index (κ3) is 2.30. The van der Waals surface area contributed by atoms with Crippen molar-refractivity contribution in [2.45, 2.75) is 20.1 Å². The monoisotopic (exact) mass is 225 g/mol. The van der Waals surface area contributed by atoms with E-state index < -0.39 is 0 Å². The molecule has 1 N–H and O–H groups in total. The van der Waals surface area contributed by atoms with Gasteiger partial charge >= 0.3 is 0 Å². The zero-order valence-electron chi connectivity index (χ0n) is 8.88. The van der Waals surface area contributed by atoms with Gasteiger partial charge in [0.1, 0.15) is 11.6 Å². The van der Waals surface area contributed by atoms with Gasteiger partial charge < -0.3 is 14.8 Å². The van der Waals surface area contributed by atoms with E-state index in [2.05, 4.69) is 5.32 Å². The first-order valence-corrected chi connectivity index (χ1v) is 4.93. The lowest BCUT2D eigenvalue weighted by Crippen LogP contribution is -2.21. The molecule has 5 heteroatoms. The Balaban J connectivity index is 2.28. The van der Waals surface area contributed by atoms with Crippen LogP contribution in [0.25, 0.3) is 0 Å². The van der Waals surface area contributed by atoms with Gasteiger partial charge in [-0.25, -0.2) is 4.39 Å². The van der Waals surface area contributed by atoms with Gasteiger partial charge in [-0.15, -0.1) is 0 Å².